The molecule has 0 radical (unpaired) electrons. The van der Waals surface area contributed by atoms with E-state index in [1.165, 1.54) is 6.42 Å². The van der Waals surface area contributed by atoms with Crippen molar-refractivity contribution in [2.24, 2.45) is 0 Å². The molecule has 1 saturated heterocycles. The van der Waals surface area contributed by atoms with Crippen LogP contribution >= 0.6 is 0 Å². The number of rotatable bonds is 1. The largest absolute Gasteiger partial charge is 0.311 e. The highest BCUT2D eigenvalue weighted by Gasteiger charge is 2.13. The maximum Gasteiger partial charge on any atom is 0.0190 e. The van der Waals surface area contributed by atoms with Crippen LogP contribution in [0.15, 0.2) is 0 Å². The van der Waals surface area contributed by atoms with E-state index < -0.39 is 0 Å². The third-order valence-electron chi connectivity index (χ3n) is 1.92. The van der Waals surface area contributed by atoms with Gasteiger partial charge in [-0.15, -0.1) is 0 Å². The molecule has 54 valence electrons. The molecular formula is C7H16N2. The third kappa shape index (κ3) is 1.95. The molecule has 1 aliphatic heterocycles. The molecule has 2 atom stereocenters. The van der Waals surface area contributed by atoms with Gasteiger partial charge in [-0.3, -0.25) is 0 Å². The Balaban J connectivity index is 2.18. The summed E-state index contributed by atoms with van der Waals surface area (Å²) >= 11 is 0. The summed E-state index contributed by atoms with van der Waals surface area (Å²) in [5, 5.41) is 6.88. The van der Waals surface area contributed by atoms with E-state index in [1.807, 2.05) is 0 Å². The van der Waals surface area contributed by atoms with E-state index in [0.717, 1.165) is 13.1 Å². The number of nitrogens with one attached hydrogen (secondary N) is 2. The quantitative estimate of drug-likeness (QED) is 0.532. The van der Waals surface area contributed by atoms with Gasteiger partial charge < -0.3 is 10.6 Å². The summed E-state index contributed by atoms with van der Waals surface area (Å²) in [6.07, 6.45) is 1.24. The first-order chi connectivity index (χ1) is 4.33. The maximum absolute atomic E-state index is 3.46. The lowest BCUT2D eigenvalue weighted by Gasteiger charge is -2.28. The van der Waals surface area contributed by atoms with Gasteiger partial charge in [-0.05, 0) is 13.3 Å². The topological polar surface area (TPSA) is 24.1 Å². The smallest absolute Gasteiger partial charge is 0.0190 e. The molecule has 2 unspecified atom stereocenters. The van der Waals surface area contributed by atoms with E-state index in [4.69, 9.17) is 0 Å². The molecule has 2 heteroatoms. The Labute approximate surface area is 57.0 Å². The molecule has 1 rings (SSSR count). The van der Waals surface area contributed by atoms with E-state index in [-0.39, 0.29) is 0 Å². The fourth-order valence-electron chi connectivity index (χ4n) is 1.12. The summed E-state index contributed by atoms with van der Waals surface area (Å²) in [4.78, 5) is 0. The van der Waals surface area contributed by atoms with E-state index in [1.54, 1.807) is 0 Å². The van der Waals surface area contributed by atoms with E-state index in [0.29, 0.717) is 12.1 Å². The van der Waals surface area contributed by atoms with Gasteiger partial charge in [0.25, 0.3) is 0 Å². The lowest BCUT2D eigenvalue weighted by atomic mass is 10.1. The first-order valence-corrected chi connectivity index (χ1v) is 3.79. The van der Waals surface area contributed by atoms with Gasteiger partial charge in [-0.25, -0.2) is 0 Å². The highest BCUT2D eigenvalue weighted by atomic mass is 15.1. The fraction of sp³-hybridized carbons (Fsp3) is 1.00. The van der Waals surface area contributed by atoms with Crippen LogP contribution in [0.2, 0.25) is 0 Å². The molecule has 1 heterocycles. The Morgan fingerprint density at radius 1 is 1.33 bits per heavy atom. The monoisotopic (exact) mass is 128 g/mol. The van der Waals surface area contributed by atoms with Gasteiger partial charge in [0.2, 0.25) is 0 Å². The maximum atomic E-state index is 3.46. The molecule has 0 amide bonds. The van der Waals surface area contributed by atoms with Crippen LogP contribution in [0.1, 0.15) is 20.3 Å². The van der Waals surface area contributed by atoms with Crippen molar-refractivity contribution in [2.45, 2.75) is 32.4 Å². The second kappa shape index (κ2) is 3.18. The molecule has 0 aromatic heterocycles. The van der Waals surface area contributed by atoms with Gasteiger partial charge in [0.1, 0.15) is 0 Å². The first kappa shape index (κ1) is 7.03. The lowest BCUT2D eigenvalue weighted by Crippen LogP contribution is -2.52. The zero-order valence-corrected chi connectivity index (χ0v) is 6.28. The molecule has 2 N–H and O–H groups in total. The van der Waals surface area contributed by atoms with Gasteiger partial charge in [0, 0.05) is 25.2 Å². The average molecular weight is 128 g/mol. The van der Waals surface area contributed by atoms with Crippen molar-refractivity contribution >= 4 is 0 Å². The zero-order chi connectivity index (χ0) is 6.69. The Morgan fingerprint density at radius 3 is 2.56 bits per heavy atom. The van der Waals surface area contributed by atoms with Crippen LogP contribution in [0.5, 0.6) is 0 Å². The fourth-order valence-corrected chi connectivity index (χ4v) is 1.12. The minimum atomic E-state index is 0.660. The van der Waals surface area contributed by atoms with Crippen LogP contribution in [0.4, 0.5) is 0 Å². The molecule has 0 bridgehead atoms. The summed E-state index contributed by atoms with van der Waals surface area (Å²) in [5.74, 6) is 0. The number of hydrogen-bond donors (Lipinski definition) is 2. The van der Waals surface area contributed by atoms with Crippen LogP contribution < -0.4 is 10.6 Å². The summed E-state index contributed by atoms with van der Waals surface area (Å²) < 4.78 is 0. The van der Waals surface area contributed by atoms with Gasteiger partial charge in [-0.2, -0.15) is 0 Å². The molecular weight excluding hydrogens is 112 g/mol. The Morgan fingerprint density at radius 2 is 2.11 bits per heavy atom. The minimum Gasteiger partial charge on any atom is -0.311 e. The first-order valence-electron chi connectivity index (χ1n) is 3.79. The van der Waals surface area contributed by atoms with Crippen LogP contribution in [0.3, 0.4) is 0 Å². The lowest BCUT2D eigenvalue weighted by molar-refractivity contribution is 0.354. The van der Waals surface area contributed by atoms with Crippen LogP contribution in [0, 0.1) is 0 Å². The Hall–Kier alpha value is -0.0800. The molecule has 0 saturated carbocycles. The Bertz CT molecular complexity index is 75.0. The number of piperazine rings is 1. The van der Waals surface area contributed by atoms with Crippen molar-refractivity contribution < 1.29 is 0 Å². The van der Waals surface area contributed by atoms with Crippen molar-refractivity contribution in [3.63, 3.8) is 0 Å². The highest BCUT2D eigenvalue weighted by Crippen LogP contribution is 1.95. The molecule has 0 aliphatic carbocycles. The summed E-state index contributed by atoms with van der Waals surface area (Å²) in [6, 6.07) is 1.37. The van der Waals surface area contributed by atoms with Crippen molar-refractivity contribution in [3.05, 3.63) is 0 Å². The normalized spacial score (nSPS) is 36.7. The highest BCUT2D eigenvalue weighted by molar-refractivity contribution is 4.78. The molecule has 1 fully saturated rings. The number of hydrogen-bond acceptors (Lipinski definition) is 2. The van der Waals surface area contributed by atoms with E-state index >= 15 is 0 Å². The summed E-state index contributed by atoms with van der Waals surface area (Å²) in [7, 11) is 0. The average Bonchev–Trinajstić information content (AvgIpc) is 1.90. The van der Waals surface area contributed by atoms with E-state index in [2.05, 4.69) is 24.5 Å². The van der Waals surface area contributed by atoms with Crippen molar-refractivity contribution in [2.75, 3.05) is 13.1 Å². The second-order valence-corrected chi connectivity index (χ2v) is 2.82. The van der Waals surface area contributed by atoms with Gasteiger partial charge >= 0.3 is 0 Å². The standard InChI is InChI=1S/C7H16N2/c1-3-7-5-8-6(2)4-9-7/h6-9H,3-5H2,1-2H3. The molecule has 0 aromatic rings. The van der Waals surface area contributed by atoms with Gasteiger partial charge in [0.15, 0.2) is 0 Å². The SMILES string of the molecule is CCC1CNC(C)CN1. The predicted molar refractivity (Wildman–Crippen MR) is 39.5 cm³/mol. The molecule has 1 aliphatic rings. The van der Waals surface area contributed by atoms with Crippen LogP contribution in [0.25, 0.3) is 0 Å². The second-order valence-electron chi connectivity index (χ2n) is 2.82. The van der Waals surface area contributed by atoms with Crippen molar-refractivity contribution in [1.29, 1.82) is 0 Å². The molecule has 9 heavy (non-hydrogen) atoms. The van der Waals surface area contributed by atoms with Gasteiger partial charge in [-0.1, -0.05) is 6.92 Å². The van der Waals surface area contributed by atoms with Crippen LogP contribution in [-0.2, 0) is 0 Å². The minimum absolute atomic E-state index is 0.660. The molecule has 0 aromatic carbocycles. The third-order valence-corrected chi connectivity index (χ3v) is 1.92. The zero-order valence-electron chi connectivity index (χ0n) is 6.28. The van der Waals surface area contributed by atoms with Crippen molar-refractivity contribution in [1.82, 2.24) is 10.6 Å². The molecule has 2 nitrogen and oxygen atoms in total. The summed E-state index contributed by atoms with van der Waals surface area (Å²) in [5.41, 5.74) is 0. The Kier molecular flexibility index (Phi) is 2.49. The predicted octanol–water partition coefficient (Wildman–Crippen LogP) is 0.346. The molecule has 0 spiro atoms. The van der Waals surface area contributed by atoms with Crippen LogP contribution in [-0.4, -0.2) is 25.2 Å². The summed E-state index contributed by atoms with van der Waals surface area (Å²) in [6.45, 7) is 6.68. The van der Waals surface area contributed by atoms with Gasteiger partial charge in [0.05, 0.1) is 0 Å². The van der Waals surface area contributed by atoms with E-state index in [9.17, 15) is 0 Å². The van der Waals surface area contributed by atoms with Crippen molar-refractivity contribution in [3.8, 4) is 0 Å².